The van der Waals surface area contributed by atoms with Gasteiger partial charge in [0.1, 0.15) is 0 Å². The summed E-state index contributed by atoms with van der Waals surface area (Å²) in [6, 6.07) is 15.8. The summed E-state index contributed by atoms with van der Waals surface area (Å²) in [6.07, 6.45) is 56.7. The predicted molar refractivity (Wildman–Crippen MR) is 546 cm³/mol. The van der Waals surface area contributed by atoms with Crippen molar-refractivity contribution in [2.75, 3.05) is 157 Å². The maximum Gasteiger partial charge on any atom is 0.0731 e. The van der Waals surface area contributed by atoms with Gasteiger partial charge in [-0.15, -0.1) is 0 Å². The summed E-state index contributed by atoms with van der Waals surface area (Å²) < 4.78 is 17.1. The Morgan fingerprint density at radius 3 is 1.14 bits per heavy atom. The predicted octanol–water partition coefficient (Wildman–Crippen LogP) is 20.4. The molecule has 18 atom stereocenters. The summed E-state index contributed by atoms with van der Waals surface area (Å²) >= 11 is 0. The van der Waals surface area contributed by atoms with Gasteiger partial charge in [0.05, 0.1) is 25.4 Å². The lowest BCUT2D eigenvalue weighted by atomic mass is 9.75. The Morgan fingerprint density at radius 1 is 0.227 bits per heavy atom. The van der Waals surface area contributed by atoms with E-state index in [0.29, 0.717) is 30.3 Å². The summed E-state index contributed by atoms with van der Waals surface area (Å²) in [6.45, 7) is 76.4. The smallest absolute Gasteiger partial charge is 0.0731 e. The fourth-order valence-corrected chi connectivity index (χ4v) is 28.9. The highest BCUT2D eigenvalue weighted by Crippen LogP contribution is 2.41. The van der Waals surface area contributed by atoms with Crippen LogP contribution in [0.2, 0.25) is 0 Å². The van der Waals surface area contributed by atoms with Gasteiger partial charge in [0.2, 0.25) is 0 Å². The highest BCUT2D eigenvalue weighted by Gasteiger charge is 2.43. The molecule has 128 heavy (non-hydrogen) atoms. The zero-order valence-corrected chi connectivity index (χ0v) is 88.3. The number of morpholine rings is 1. The Bertz CT molecular complexity index is 2550. The Kier molecular flexibility index (Phi) is 47.6. The maximum atomic E-state index is 5.82. The third-order valence-electron chi connectivity index (χ3n) is 36.3. The molecular formula is C111H216N14O3. The van der Waals surface area contributed by atoms with Crippen LogP contribution in [0.5, 0.6) is 0 Å². The molecule has 2 N–H and O–H groups in total. The zero-order chi connectivity index (χ0) is 91.2. The molecule has 0 radical (unpaired) electrons. The summed E-state index contributed by atoms with van der Waals surface area (Å²) in [5.74, 6) is 5.98. The van der Waals surface area contributed by atoms with Crippen molar-refractivity contribution in [3.05, 3.63) is 0 Å². The number of nitrogens with one attached hydrogen (secondary N) is 2. The van der Waals surface area contributed by atoms with E-state index in [1.165, 1.54) is 375 Å². The molecule has 0 aromatic heterocycles. The summed E-state index contributed by atoms with van der Waals surface area (Å²) in [4.78, 5) is 32.1. The SMILES string of the molecule is CC(C)N1CCC2CCCCC2C1.CC(C)N1CCCC2CCCCC21.CC(C)N1CCCC2CCCCC21.CC(C)N1CCCC2CNCCC21.CC(C)N1CCCC2COCCC21.CC(C)N1CCCC2OCCC21.CC(C)N1CCN2CCCC2C1.CC(C)N1CCN2CCCCC2C1.CC(C)N1CCNC2CCCCC21.CC(C)N1CCOC2CCCCC21. The van der Waals surface area contributed by atoms with Gasteiger partial charge in [0.25, 0.3) is 0 Å². The van der Waals surface area contributed by atoms with Crippen LogP contribution in [0.4, 0.5) is 0 Å². The van der Waals surface area contributed by atoms with Crippen molar-refractivity contribution in [2.24, 2.45) is 35.5 Å². The van der Waals surface area contributed by atoms with E-state index >= 15 is 0 Å². The van der Waals surface area contributed by atoms with Gasteiger partial charge in [-0.3, -0.25) is 53.9 Å². The van der Waals surface area contributed by atoms with Crippen LogP contribution in [0.1, 0.15) is 389 Å². The van der Waals surface area contributed by atoms with E-state index in [2.05, 4.69) is 208 Å². The fourth-order valence-electron chi connectivity index (χ4n) is 28.9. The van der Waals surface area contributed by atoms with Crippen LogP contribution in [0.25, 0.3) is 0 Å². The summed E-state index contributed by atoms with van der Waals surface area (Å²) in [5.41, 5.74) is 0. The molecule has 20 aliphatic rings. The molecule has 15 heterocycles. The van der Waals surface area contributed by atoms with Gasteiger partial charge in [-0.25, -0.2) is 0 Å². The number of likely N-dealkylation sites (tertiary alicyclic amines) is 6. The molecule has 5 saturated carbocycles. The standard InChI is InChI=1S/3C12H23N.3C11H22N2.2C11H21NO.C10H20N2.C10H19NO/c2*1-10(2)13-9-5-7-11-6-3-4-8-12(11)13;1-10(2)13-8-7-11-5-3-4-6-12(11)9-13;1-9(2)13-7-3-4-10-8-12-6-5-11(10)13;1-10(2)13-8-7-12-6-4-3-5-11(12)9-13;1-9(2)13-8-7-12-10-5-3-4-6-11(10)13;1-9(2)12-6-3-4-10-8-13-7-5-11(10)12;1-9(2)12-7-8-13-11-6-4-3-5-10(11)12;1-9(2)12-7-6-11-5-3-4-10(11)8-12;1-8(2)11-6-3-4-10-9(11)5-7-12-10/h3*10-12H,3-9H2,1-2H3;9-12H,3-8H2,1-2H3;10-11H,3-9H2,1-2H3;9-12H,3-8H2,1-2H3;2*9-11H,3-8H2,1-2H3;9-10H,3-8H2,1-2H3;8-10H,3-7H2,1-2H3. The molecule has 0 aromatic carbocycles. The first kappa shape index (κ1) is 108. The fraction of sp³-hybridized carbons (Fsp3) is 1.00. The molecule has 20 fully saturated rings. The first-order valence-electron chi connectivity index (χ1n) is 57.1. The monoisotopic (exact) mass is 1790 g/mol. The molecule has 748 valence electrons. The largest absolute Gasteiger partial charge is 0.381 e. The normalized spacial score (nSPS) is 35.6. The lowest BCUT2D eigenvalue weighted by molar-refractivity contribution is -0.0979. The number of hydrogen-bond donors (Lipinski definition) is 2. The molecule has 0 amide bonds. The summed E-state index contributed by atoms with van der Waals surface area (Å²) in [7, 11) is 0. The second-order valence-electron chi connectivity index (χ2n) is 47.6. The van der Waals surface area contributed by atoms with Crippen LogP contribution >= 0.6 is 0 Å². The Hall–Kier alpha value is -0.680. The number of fused-ring (bicyclic) bond motifs is 10. The molecule has 0 aromatic rings. The third-order valence-corrected chi connectivity index (χ3v) is 36.3. The number of piperazine rings is 3. The van der Waals surface area contributed by atoms with E-state index in [-0.39, 0.29) is 0 Å². The van der Waals surface area contributed by atoms with E-state index in [0.717, 1.165) is 171 Å². The van der Waals surface area contributed by atoms with Crippen LogP contribution < -0.4 is 10.6 Å². The van der Waals surface area contributed by atoms with Gasteiger partial charge in [0, 0.05) is 199 Å². The highest BCUT2D eigenvalue weighted by molar-refractivity contribution is 4.98. The second kappa shape index (κ2) is 56.5. The molecule has 17 nitrogen and oxygen atoms in total. The van der Waals surface area contributed by atoms with Gasteiger partial charge < -0.3 is 29.7 Å². The minimum Gasteiger partial charge on any atom is -0.381 e. The second-order valence-corrected chi connectivity index (χ2v) is 47.6. The number of rotatable bonds is 10. The van der Waals surface area contributed by atoms with Crippen LogP contribution in [-0.4, -0.2) is 349 Å². The van der Waals surface area contributed by atoms with E-state index < -0.39 is 0 Å². The van der Waals surface area contributed by atoms with Crippen molar-refractivity contribution in [2.45, 2.75) is 522 Å². The third kappa shape index (κ3) is 32.4. The highest BCUT2D eigenvalue weighted by atomic mass is 16.5. The van der Waals surface area contributed by atoms with Crippen molar-refractivity contribution >= 4 is 0 Å². The van der Waals surface area contributed by atoms with Gasteiger partial charge in [-0.2, -0.15) is 0 Å². The van der Waals surface area contributed by atoms with Gasteiger partial charge >= 0.3 is 0 Å². The van der Waals surface area contributed by atoms with Gasteiger partial charge in [-0.05, 0) is 413 Å². The Labute approximate surface area is 793 Å². The number of hydrogen-bond acceptors (Lipinski definition) is 17. The molecule has 5 aliphatic carbocycles. The minimum atomic E-state index is 0.546. The van der Waals surface area contributed by atoms with E-state index in [4.69, 9.17) is 14.2 Å². The number of nitrogens with zero attached hydrogens (tertiary/aromatic N) is 12. The van der Waals surface area contributed by atoms with E-state index in [1.54, 1.807) is 0 Å². The van der Waals surface area contributed by atoms with Crippen LogP contribution in [-0.2, 0) is 14.2 Å². The van der Waals surface area contributed by atoms with Crippen LogP contribution in [0, 0.1) is 35.5 Å². The molecule has 0 bridgehead atoms. The topological polar surface area (TPSA) is 90.6 Å². The zero-order valence-electron chi connectivity index (χ0n) is 88.3. The maximum absolute atomic E-state index is 5.82. The lowest BCUT2D eigenvalue weighted by Crippen LogP contribution is -2.60. The Balaban J connectivity index is 0.000000138. The molecule has 18 unspecified atom stereocenters. The Morgan fingerprint density at radius 2 is 0.594 bits per heavy atom. The van der Waals surface area contributed by atoms with Crippen molar-refractivity contribution in [3.63, 3.8) is 0 Å². The van der Waals surface area contributed by atoms with Crippen molar-refractivity contribution in [1.82, 2.24) is 69.4 Å². The van der Waals surface area contributed by atoms with Crippen molar-refractivity contribution in [3.8, 4) is 0 Å². The van der Waals surface area contributed by atoms with Gasteiger partial charge in [0.15, 0.2) is 0 Å². The van der Waals surface area contributed by atoms with Crippen LogP contribution in [0.3, 0.4) is 0 Å². The first-order chi connectivity index (χ1) is 61.8. The van der Waals surface area contributed by atoms with Crippen molar-refractivity contribution < 1.29 is 14.2 Å². The summed E-state index contributed by atoms with van der Waals surface area (Å²) in [5, 5.41) is 7.18. The molecule has 0 spiro atoms. The average Bonchev–Trinajstić information content (AvgIpc) is 1.21. The van der Waals surface area contributed by atoms with Gasteiger partial charge in [-0.1, -0.05) is 77.0 Å². The van der Waals surface area contributed by atoms with Crippen molar-refractivity contribution in [1.29, 1.82) is 0 Å². The molecule has 15 aliphatic heterocycles. The quantitative estimate of drug-likeness (QED) is 0.217. The van der Waals surface area contributed by atoms with E-state index in [9.17, 15) is 0 Å². The lowest BCUT2D eigenvalue weighted by Gasteiger charge is -2.46. The van der Waals surface area contributed by atoms with E-state index in [1.807, 2.05) is 0 Å². The number of piperidine rings is 8. The first-order valence-corrected chi connectivity index (χ1v) is 57.1. The number of ether oxygens (including phenoxy) is 3. The molecule has 15 saturated heterocycles. The molecule has 17 heteroatoms. The minimum absolute atomic E-state index is 0.546. The van der Waals surface area contributed by atoms with Crippen LogP contribution in [0.15, 0.2) is 0 Å². The molecule has 20 rings (SSSR count). The average molecular weight is 1800 g/mol. The molecular weight excluding hydrogens is 1580 g/mol.